The Morgan fingerprint density at radius 2 is 1.92 bits per heavy atom. The first kappa shape index (κ1) is 17.5. The standard InChI is InChI=1S/C20H28N4O2/c25-19-14-22(9-8-21-19)15-20(26)24-12-17-6-7-18(24)13-23(11-17)10-16-4-2-1-3-5-16/h1-5,17-18H,6-15H2,(H,21,25)/t17-,18+/m0/s1. The van der Waals surface area contributed by atoms with Crippen molar-refractivity contribution in [3.63, 3.8) is 0 Å². The second-order valence-corrected chi connectivity index (χ2v) is 7.88. The molecule has 4 aliphatic rings. The van der Waals surface area contributed by atoms with Gasteiger partial charge in [0, 0.05) is 45.3 Å². The van der Waals surface area contributed by atoms with Crippen molar-refractivity contribution >= 4 is 11.8 Å². The highest BCUT2D eigenvalue weighted by Crippen LogP contribution is 2.29. The quantitative estimate of drug-likeness (QED) is 0.856. The van der Waals surface area contributed by atoms with Crippen molar-refractivity contribution in [1.29, 1.82) is 0 Å². The molecular weight excluding hydrogens is 328 g/mol. The Hall–Kier alpha value is -1.92. The zero-order chi connectivity index (χ0) is 17.9. The summed E-state index contributed by atoms with van der Waals surface area (Å²) >= 11 is 0. The number of piperidine rings is 1. The molecule has 4 heterocycles. The average Bonchev–Trinajstić information content (AvgIpc) is 2.93. The predicted octanol–water partition coefficient (Wildman–Crippen LogP) is 0.541. The van der Waals surface area contributed by atoms with Crippen LogP contribution in [0, 0.1) is 5.92 Å². The third kappa shape index (κ3) is 4.07. The topological polar surface area (TPSA) is 55.9 Å². The van der Waals surface area contributed by atoms with Gasteiger partial charge >= 0.3 is 0 Å². The molecule has 2 atom stereocenters. The van der Waals surface area contributed by atoms with Gasteiger partial charge in [-0.25, -0.2) is 0 Å². The summed E-state index contributed by atoms with van der Waals surface area (Å²) in [6.07, 6.45) is 2.31. The molecule has 26 heavy (non-hydrogen) atoms. The Morgan fingerprint density at radius 3 is 2.73 bits per heavy atom. The molecule has 1 N–H and O–H groups in total. The molecule has 1 aromatic carbocycles. The van der Waals surface area contributed by atoms with Crippen LogP contribution < -0.4 is 5.32 Å². The summed E-state index contributed by atoms with van der Waals surface area (Å²) in [5.74, 6) is 0.775. The first-order chi connectivity index (χ1) is 12.7. The number of hydrogen-bond acceptors (Lipinski definition) is 4. The van der Waals surface area contributed by atoms with E-state index in [2.05, 4.69) is 45.4 Å². The number of carbonyl (C=O) groups is 2. The average molecular weight is 356 g/mol. The number of rotatable bonds is 4. The van der Waals surface area contributed by atoms with Gasteiger partial charge in [-0.2, -0.15) is 0 Å². The summed E-state index contributed by atoms with van der Waals surface area (Å²) in [6, 6.07) is 10.9. The highest BCUT2D eigenvalue weighted by atomic mass is 16.2. The van der Waals surface area contributed by atoms with Crippen molar-refractivity contribution in [2.24, 2.45) is 5.92 Å². The number of fused-ring (bicyclic) bond motifs is 4. The van der Waals surface area contributed by atoms with Crippen molar-refractivity contribution in [2.45, 2.75) is 25.4 Å². The van der Waals surface area contributed by atoms with Crippen LogP contribution in [0.1, 0.15) is 18.4 Å². The lowest BCUT2D eigenvalue weighted by atomic mass is 9.95. The Labute approximate surface area is 155 Å². The summed E-state index contributed by atoms with van der Waals surface area (Å²) in [6.45, 7) is 5.97. The van der Waals surface area contributed by atoms with E-state index in [-0.39, 0.29) is 11.8 Å². The number of nitrogens with zero attached hydrogens (tertiary/aromatic N) is 3. The van der Waals surface area contributed by atoms with E-state index in [4.69, 9.17) is 0 Å². The molecular formula is C20H28N4O2. The molecule has 4 fully saturated rings. The molecule has 2 amide bonds. The molecule has 0 saturated carbocycles. The molecule has 140 valence electrons. The smallest absolute Gasteiger partial charge is 0.237 e. The maximum absolute atomic E-state index is 12.9. The van der Waals surface area contributed by atoms with Crippen LogP contribution in [0.25, 0.3) is 0 Å². The minimum atomic E-state index is 0.0236. The number of hydrogen-bond donors (Lipinski definition) is 1. The first-order valence-electron chi connectivity index (χ1n) is 9.72. The second-order valence-electron chi connectivity index (χ2n) is 7.88. The van der Waals surface area contributed by atoms with Crippen LogP contribution in [-0.2, 0) is 16.1 Å². The van der Waals surface area contributed by atoms with Crippen LogP contribution >= 0.6 is 0 Å². The van der Waals surface area contributed by atoms with Gasteiger partial charge in [0.05, 0.1) is 13.1 Å². The lowest BCUT2D eigenvalue weighted by molar-refractivity contribution is -0.137. The van der Waals surface area contributed by atoms with Crippen molar-refractivity contribution in [2.75, 3.05) is 45.8 Å². The van der Waals surface area contributed by atoms with Gasteiger partial charge in [0.15, 0.2) is 0 Å². The van der Waals surface area contributed by atoms with E-state index in [1.165, 1.54) is 12.0 Å². The maximum atomic E-state index is 12.9. The fraction of sp³-hybridized carbons (Fsp3) is 0.600. The Kier molecular flexibility index (Phi) is 5.22. The van der Waals surface area contributed by atoms with Gasteiger partial charge in [-0.1, -0.05) is 30.3 Å². The van der Waals surface area contributed by atoms with Crippen LogP contribution in [0.3, 0.4) is 0 Å². The number of amides is 2. The van der Waals surface area contributed by atoms with Crippen LogP contribution in [0.4, 0.5) is 0 Å². The SMILES string of the molecule is O=C1CN(CC(=O)N2C[C@H]3CC[C@@H]2CN(Cc2ccccc2)C3)CCN1. The molecule has 6 nitrogen and oxygen atoms in total. The molecule has 0 aliphatic carbocycles. The van der Waals surface area contributed by atoms with E-state index in [1.54, 1.807) is 0 Å². The van der Waals surface area contributed by atoms with Crippen LogP contribution in [0.15, 0.2) is 30.3 Å². The molecule has 2 bridgehead atoms. The summed E-state index contributed by atoms with van der Waals surface area (Å²) < 4.78 is 0. The molecule has 6 heteroatoms. The summed E-state index contributed by atoms with van der Waals surface area (Å²) in [4.78, 5) is 31.1. The Bertz CT molecular complexity index is 650. The van der Waals surface area contributed by atoms with Crippen molar-refractivity contribution in [3.8, 4) is 0 Å². The molecule has 0 radical (unpaired) electrons. The zero-order valence-corrected chi connectivity index (χ0v) is 15.3. The van der Waals surface area contributed by atoms with Gasteiger partial charge < -0.3 is 10.2 Å². The molecule has 4 aliphatic heterocycles. The van der Waals surface area contributed by atoms with Gasteiger partial charge in [-0.15, -0.1) is 0 Å². The predicted molar refractivity (Wildman–Crippen MR) is 99.4 cm³/mol. The molecule has 0 unspecified atom stereocenters. The van der Waals surface area contributed by atoms with Crippen LogP contribution in [-0.4, -0.2) is 78.4 Å². The highest BCUT2D eigenvalue weighted by Gasteiger charge is 2.37. The molecule has 4 saturated heterocycles. The monoisotopic (exact) mass is 356 g/mol. The molecule has 1 aromatic rings. The van der Waals surface area contributed by atoms with E-state index in [0.29, 0.717) is 31.6 Å². The van der Waals surface area contributed by atoms with Crippen molar-refractivity contribution < 1.29 is 9.59 Å². The lowest BCUT2D eigenvalue weighted by Crippen LogP contribution is -2.54. The lowest BCUT2D eigenvalue weighted by Gasteiger charge is -2.38. The Balaban J connectivity index is 1.38. The van der Waals surface area contributed by atoms with Crippen LogP contribution in [0.2, 0.25) is 0 Å². The van der Waals surface area contributed by atoms with E-state index < -0.39 is 0 Å². The van der Waals surface area contributed by atoms with Gasteiger partial charge in [0.1, 0.15) is 0 Å². The third-order valence-electron chi connectivity index (χ3n) is 5.83. The number of piperazine rings is 1. The first-order valence-corrected chi connectivity index (χ1v) is 9.72. The normalized spacial score (nSPS) is 27.2. The third-order valence-corrected chi connectivity index (χ3v) is 5.83. The second kappa shape index (κ2) is 7.76. The van der Waals surface area contributed by atoms with E-state index >= 15 is 0 Å². The van der Waals surface area contributed by atoms with Gasteiger partial charge in [0.25, 0.3) is 0 Å². The minimum absolute atomic E-state index is 0.0236. The maximum Gasteiger partial charge on any atom is 0.237 e. The van der Waals surface area contributed by atoms with Crippen LogP contribution in [0.5, 0.6) is 0 Å². The summed E-state index contributed by atoms with van der Waals surface area (Å²) in [5, 5.41) is 2.82. The fourth-order valence-electron chi connectivity index (χ4n) is 4.56. The summed E-state index contributed by atoms with van der Waals surface area (Å²) in [5.41, 5.74) is 1.34. The van der Waals surface area contributed by atoms with Gasteiger partial charge in [-0.05, 0) is 24.3 Å². The largest absolute Gasteiger partial charge is 0.354 e. The number of benzene rings is 1. The molecule has 0 spiro atoms. The number of carbonyl (C=O) groups excluding carboxylic acids is 2. The van der Waals surface area contributed by atoms with Gasteiger partial charge in [-0.3, -0.25) is 19.4 Å². The minimum Gasteiger partial charge on any atom is -0.354 e. The summed E-state index contributed by atoms with van der Waals surface area (Å²) in [7, 11) is 0. The van der Waals surface area contributed by atoms with Gasteiger partial charge in [0.2, 0.25) is 11.8 Å². The fourth-order valence-corrected chi connectivity index (χ4v) is 4.56. The molecule has 0 aromatic heterocycles. The van der Waals surface area contributed by atoms with E-state index in [1.807, 2.05) is 4.90 Å². The number of nitrogens with one attached hydrogen (secondary N) is 1. The molecule has 5 rings (SSSR count). The van der Waals surface area contributed by atoms with Crippen molar-refractivity contribution in [3.05, 3.63) is 35.9 Å². The van der Waals surface area contributed by atoms with Crippen molar-refractivity contribution in [1.82, 2.24) is 20.0 Å². The van der Waals surface area contributed by atoms with E-state index in [0.717, 1.165) is 39.1 Å². The highest BCUT2D eigenvalue weighted by molar-refractivity contribution is 5.82. The van der Waals surface area contributed by atoms with E-state index in [9.17, 15) is 9.59 Å². The zero-order valence-electron chi connectivity index (χ0n) is 15.3. The Morgan fingerprint density at radius 1 is 1.08 bits per heavy atom.